The number of rotatable bonds is 59. The van der Waals surface area contributed by atoms with Crippen molar-refractivity contribution in [1.82, 2.24) is 10.6 Å². The summed E-state index contributed by atoms with van der Waals surface area (Å²) in [6.45, 7) is 0.894. The Morgan fingerprint density at radius 1 is 0.292 bits per heavy atom. The highest BCUT2D eigenvalue weighted by Gasteiger charge is 2.39. The maximum absolute atomic E-state index is 15.8. The summed E-state index contributed by atoms with van der Waals surface area (Å²) in [5.74, 6) is -16.2. The number of ketones is 8. The van der Waals surface area contributed by atoms with E-state index < -0.39 is 181 Å². The number of aliphatic carboxylic acids is 2. The maximum Gasteiger partial charge on any atom is 0.305 e. The number of phenols is 6. The van der Waals surface area contributed by atoms with Gasteiger partial charge in [0.25, 0.3) is 0 Å². The van der Waals surface area contributed by atoms with Gasteiger partial charge in [0.05, 0.1) is 56.7 Å². The summed E-state index contributed by atoms with van der Waals surface area (Å²) in [6.07, 6.45) is -1.53. The number of nitrogens with two attached hydrogens (primary N) is 1. The van der Waals surface area contributed by atoms with E-state index in [0.29, 0.717) is 50.4 Å². The van der Waals surface area contributed by atoms with E-state index in [1.54, 1.807) is 103 Å². The molecule has 9 rings (SSSR count). The van der Waals surface area contributed by atoms with Crippen LogP contribution in [-0.2, 0) is 118 Å². The molecule has 0 saturated heterocycles. The number of Topliss-reactive ketones (excluding diaryl/α,β-unsaturated/α-hetero) is 8. The van der Waals surface area contributed by atoms with Crippen LogP contribution in [-0.4, -0.2) is 169 Å². The van der Waals surface area contributed by atoms with Crippen molar-refractivity contribution in [3.8, 4) is 58.3 Å². The van der Waals surface area contributed by atoms with Gasteiger partial charge in [-0.1, -0.05) is 139 Å². The van der Waals surface area contributed by atoms with Gasteiger partial charge in [-0.05, 0) is 199 Å². The van der Waals surface area contributed by atoms with Crippen molar-refractivity contribution in [3.63, 3.8) is 0 Å². The Kier molecular flexibility index (Phi) is 39.7. The summed E-state index contributed by atoms with van der Waals surface area (Å²) in [6, 6.07) is 55.5. The van der Waals surface area contributed by atoms with Crippen molar-refractivity contribution < 1.29 is 117 Å². The second-order valence-corrected chi connectivity index (χ2v) is 32.7. The van der Waals surface area contributed by atoms with Gasteiger partial charge in [0.1, 0.15) is 88.1 Å². The first-order valence-corrected chi connectivity index (χ1v) is 43.2. The predicted molar refractivity (Wildman–Crippen MR) is 481 cm³/mol. The summed E-state index contributed by atoms with van der Waals surface area (Å²) in [5.41, 5.74) is 10.8. The molecule has 0 aliphatic heterocycles. The molecule has 0 heterocycles. The average Bonchev–Trinajstić information content (AvgIpc) is 0.844. The van der Waals surface area contributed by atoms with Crippen molar-refractivity contribution in [2.24, 2.45) is 47.2 Å². The molecular weight excluding hydrogens is 1660 g/mol. The van der Waals surface area contributed by atoms with Gasteiger partial charge in [0, 0.05) is 93.5 Å². The second-order valence-electron chi connectivity index (χ2n) is 32.7. The Bertz CT molecular complexity index is 5260. The van der Waals surface area contributed by atoms with E-state index >= 15 is 33.6 Å². The van der Waals surface area contributed by atoms with E-state index in [1.807, 2.05) is 30.3 Å². The summed E-state index contributed by atoms with van der Waals surface area (Å²) in [4.78, 5) is 175. The first kappa shape index (κ1) is 99.8. The Hall–Kier alpha value is -13.9. The highest BCUT2D eigenvalue weighted by atomic mass is 16.5. The van der Waals surface area contributed by atoms with Crippen LogP contribution >= 0.6 is 0 Å². The summed E-state index contributed by atoms with van der Waals surface area (Å²) in [5, 5.41) is 87.8. The zero-order valence-electron chi connectivity index (χ0n) is 72.2. The van der Waals surface area contributed by atoms with E-state index in [2.05, 4.69) is 16.6 Å². The lowest BCUT2D eigenvalue weighted by Gasteiger charge is -2.26. The predicted octanol–water partition coefficient (Wildman–Crippen LogP) is 11.9. The Morgan fingerprint density at radius 2 is 0.585 bits per heavy atom. The molecule has 27 nitrogen and oxygen atoms in total. The number of carboxylic acids is 2. The number of benzene rings is 9. The zero-order valence-corrected chi connectivity index (χ0v) is 72.2. The highest BCUT2D eigenvalue weighted by molar-refractivity contribution is 5.99. The van der Waals surface area contributed by atoms with Gasteiger partial charge in [0.2, 0.25) is 11.8 Å². The lowest BCUT2D eigenvalue weighted by molar-refractivity contribution is -0.144. The smallest absolute Gasteiger partial charge is 0.305 e. The normalized spacial score (nSPS) is 13.5. The molecule has 130 heavy (non-hydrogen) atoms. The quantitative estimate of drug-likeness (QED) is 0.0125. The van der Waals surface area contributed by atoms with E-state index in [0.717, 1.165) is 5.56 Å². The molecule has 2 amide bonds. The molecule has 9 aromatic rings. The van der Waals surface area contributed by atoms with Crippen molar-refractivity contribution in [2.75, 3.05) is 39.6 Å². The van der Waals surface area contributed by atoms with Crippen LogP contribution in [0.25, 0.3) is 0 Å². The van der Waals surface area contributed by atoms with Gasteiger partial charge >= 0.3 is 11.9 Å². The number of aromatic hydroxyl groups is 6. The lowest BCUT2D eigenvalue weighted by atomic mass is 9.77. The van der Waals surface area contributed by atoms with Crippen molar-refractivity contribution in [3.05, 3.63) is 275 Å². The standard InChI is InChI=1S/C103H111N3O24/c1-2-43-129-87-39-41-88(42-40-87)130-48-47-128-46-45-127-44-9-14-92(113)91(65-101(123)124)106-103(126)80(64-100(121)122)63-99(120)90(56-67-12-7-4-8-13-67)105-102(125)79(54-73-25-37-86(112)38-26-73)62-97(118)77(52-71-21-33-84(110)34-22-71)60-95(116)75(50-69-17-29-82(108)30-18-69)58-93(114)74(49-68-15-27-81(107)28-16-68)57-94(115)76(51-70-19-31-83(109)32-20-70)59-96(117)78(53-72-23-35-85(111)36-24-72)61-98(119)89(104)55-66-10-5-3-6-11-66/h1,3-8,10-13,15-42,74-80,89-91,107-112H,9,14,43-65,104H2,(H,105,125)(H,106,126)(H,121,122)(H,123,124)/t74-,75-,76-,77-,78-,79-,80+,89+,90+,91+/m1/s1. The van der Waals surface area contributed by atoms with Gasteiger partial charge in [-0.25, -0.2) is 0 Å². The number of hydrogen-bond donors (Lipinski definition) is 11. The third kappa shape index (κ3) is 34.7. The topological polar surface area (TPSA) is 454 Å². The first-order valence-electron chi connectivity index (χ1n) is 43.2. The number of amides is 2. The molecule has 0 aromatic heterocycles. The summed E-state index contributed by atoms with van der Waals surface area (Å²) < 4.78 is 22.2. The number of phenolic OH excluding ortho intramolecular Hbond substituents is 6. The SMILES string of the molecule is C#CCOc1ccc(OCCOCCOCCCC(=O)[C@H](CC(=O)O)NC(=O)[C@H](CC(=O)O)CC(=O)[C@H](Cc2ccccc2)NC(=O)[C@@H](CC(=O)[C@@H](CC(=O)[C@@H](CC(=O)[C@@H](CC(=O)[C@@H](CC(=O)[C@@H](CC(=O)[C@@H](N)Cc2ccccc2)Cc2ccc(O)cc2)Cc2ccc(O)cc2)Cc2ccc(O)cc2)Cc2ccc(O)cc2)Cc2ccc(O)cc2)Cc2ccc(O)cc2)cc1. The maximum atomic E-state index is 15.8. The second kappa shape index (κ2) is 51.8. The summed E-state index contributed by atoms with van der Waals surface area (Å²) >= 11 is 0. The average molecular weight is 1780 g/mol. The van der Waals surface area contributed by atoms with Crippen LogP contribution in [0.4, 0.5) is 0 Å². The third-order valence-electron chi connectivity index (χ3n) is 22.6. The Labute approximate surface area is 754 Å². The number of carbonyl (C=O) groups excluding carboxylic acids is 10. The van der Waals surface area contributed by atoms with Crippen LogP contribution in [0.3, 0.4) is 0 Å². The summed E-state index contributed by atoms with van der Waals surface area (Å²) in [7, 11) is 0. The molecule has 0 spiro atoms. The Balaban J connectivity index is 0.955. The molecular formula is C103H111N3O24. The molecule has 0 radical (unpaired) electrons. The largest absolute Gasteiger partial charge is 0.508 e. The molecule has 0 aliphatic carbocycles. The lowest BCUT2D eigenvalue weighted by Crippen LogP contribution is -2.49. The minimum absolute atomic E-state index is 0.0255. The number of hydrogen-bond acceptors (Lipinski definition) is 23. The molecule has 682 valence electrons. The molecule has 27 heteroatoms. The molecule has 0 bridgehead atoms. The van der Waals surface area contributed by atoms with Crippen LogP contribution in [0.2, 0.25) is 0 Å². The molecule has 10 atom stereocenters. The fourth-order valence-electron chi connectivity index (χ4n) is 15.4. The van der Waals surface area contributed by atoms with Gasteiger partial charge in [-0.3, -0.25) is 57.5 Å². The van der Waals surface area contributed by atoms with Crippen LogP contribution in [0.15, 0.2) is 231 Å². The number of ether oxygens (including phenoxy) is 4. The number of terminal acetylenes is 1. The minimum Gasteiger partial charge on any atom is -0.508 e. The van der Waals surface area contributed by atoms with E-state index in [-0.39, 0.29) is 145 Å². The monoisotopic (exact) mass is 1770 g/mol. The number of carboxylic acid groups (broad SMARTS) is 2. The van der Waals surface area contributed by atoms with Crippen molar-refractivity contribution in [1.29, 1.82) is 0 Å². The van der Waals surface area contributed by atoms with E-state index in [1.165, 1.54) is 97.1 Å². The Morgan fingerprint density at radius 3 is 0.946 bits per heavy atom. The fourth-order valence-corrected chi connectivity index (χ4v) is 15.4. The van der Waals surface area contributed by atoms with Gasteiger partial charge in [0.15, 0.2) is 17.3 Å². The minimum atomic E-state index is -1.74. The molecule has 0 unspecified atom stereocenters. The van der Waals surface area contributed by atoms with E-state index in [4.69, 9.17) is 31.1 Å². The van der Waals surface area contributed by atoms with Crippen molar-refractivity contribution in [2.45, 2.75) is 140 Å². The molecule has 0 aliphatic rings. The van der Waals surface area contributed by atoms with Crippen LogP contribution in [0.1, 0.15) is 115 Å². The van der Waals surface area contributed by atoms with Crippen molar-refractivity contribution >= 4 is 70.0 Å². The van der Waals surface area contributed by atoms with Gasteiger partial charge in [-0.15, -0.1) is 6.42 Å². The van der Waals surface area contributed by atoms with Crippen LogP contribution < -0.4 is 25.8 Å². The van der Waals surface area contributed by atoms with E-state index in [9.17, 15) is 64.8 Å². The molecule has 0 saturated carbocycles. The molecule has 0 fully saturated rings. The number of carbonyl (C=O) groups is 12. The molecule has 9 aromatic carbocycles. The third-order valence-corrected chi connectivity index (χ3v) is 22.6. The fraction of sp³-hybridized carbons (Fsp3) is 0.340. The first-order chi connectivity index (χ1) is 62.5. The van der Waals surface area contributed by atoms with Crippen LogP contribution in [0, 0.1) is 53.8 Å². The molecule has 12 N–H and O–H groups in total. The van der Waals surface area contributed by atoms with Crippen LogP contribution in [0.5, 0.6) is 46.0 Å². The van der Waals surface area contributed by atoms with Gasteiger partial charge in [-0.2, -0.15) is 0 Å². The number of nitrogens with one attached hydrogen (secondary N) is 2. The highest BCUT2D eigenvalue weighted by Crippen LogP contribution is 2.33. The van der Waals surface area contributed by atoms with Gasteiger partial charge < -0.3 is 76.2 Å². The zero-order chi connectivity index (χ0) is 93.4.